The molecule has 0 saturated carbocycles. The minimum Gasteiger partial charge on any atom is -0.492 e. The van der Waals surface area contributed by atoms with Crippen molar-refractivity contribution in [3.8, 4) is 5.75 Å². The van der Waals surface area contributed by atoms with E-state index in [4.69, 9.17) is 14.6 Å². The van der Waals surface area contributed by atoms with Crippen LogP contribution in [0.4, 0.5) is 0 Å². The molecule has 0 saturated heterocycles. The van der Waals surface area contributed by atoms with Gasteiger partial charge in [-0.05, 0) is 33.6 Å². The van der Waals surface area contributed by atoms with E-state index in [0.717, 1.165) is 23.3 Å². The van der Waals surface area contributed by atoms with Gasteiger partial charge in [-0.1, -0.05) is 13.0 Å². The van der Waals surface area contributed by atoms with Crippen molar-refractivity contribution in [1.29, 1.82) is 0 Å². The van der Waals surface area contributed by atoms with Gasteiger partial charge in [-0.15, -0.1) is 0 Å². The van der Waals surface area contributed by atoms with Gasteiger partial charge in [0.1, 0.15) is 5.75 Å². The average Bonchev–Trinajstić information content (AvgIpc) is 2.42. The van der Waals surface area contributed by atoms with Crippen molar-refractivity contribution in [2.24, 2.45) is 5.92 Å². The Labute approximate surface area is 123 Å². The first-order chi connectivity index (χ1) is 9.17. The lowest BCUT2D eigenvalue weighted by molar-refractivity contribution is 0.174. The molecule has 1 aromatic rings. The van der Waals surface area contributed by atoms with E-state index in [9.17, 15) is 0 Å². The van der Waals surface area contributed by atoms with E-state index in [-0.39, 0.29) is 12.5 Å². The molecule has 0 heterocycles. The zero-order chi connectivity index (χ0) is 14.1. The number of hydrogen-bond acceptors (Lipinski definition) is 4. The van der Waals surface area contributed by atoms with Crippen LogP contribution in [0.2, 0.25) is 0 Å². The number of aliphatic hydroxyl groups excluding tert-OH is 1. The van der Waals surface area contributed by atoms with Crippen LogP contribution in [0.3, 0.4) is 0 Å². The molecule has 1 unspecified atom stereocenters. The van der Waals surface area contributed by atoms with Gasteiger partial charge in [0, 0.05) is 32.7 Å². The SMILES string of the molecule is COCCNCc1ccc(OCC(C)CO)c(Br)c1. The maximum absolute atomic E-state index is 8.96. The summed E-state index contributed by atoms with van der Waals surface area (Å²) in [6, 6.07) is 6.02. The predicted octanol–water partition coefficient (Wildman–Crippen LogP) is 2.19. The number of aliphatic hydroxyl groups is 1. The smallest absolute Gasteiger partial charge is 0.133 e. The summed E-state index contributed by atoms with van der Waals surface area (Å²) in [5, 5.41) is 12.2. The zero-order valence-corrected chi connectivity index (χ0v) is 13.1. The Morgan fingerprint density at radius 1 is 1.42 bits per heavy atom. The van der Waals surface area contributed by atoms with Crippen molar-refractivity contribution in [3.05, 3.63) is 28.2 Å². The third kappa shape index (κ3) is 6.38. The minimum atomic E-state index is 0.138. The molecule has 108 valence electrons. The molecule has 1 atom stereocenters. The van der Waals surface area contributed by atoms with Gasteiger partial charge in [-0.25, -0.2) is 0 Å². The molecule has 1 rings (SSSR count). The molecule has 2 N–H and O–H groups in total. The van der Waals surface area contributed by atoms with E-state index in [0.29, 0.717) is 13.2 Å². The Morgan fingerprint density at radius 2 is 2.21 bits per heavy atom. The molecular formula is C14H22BrNO3. The number of hydrogen-bond donors (Lipinski definition) is 2. The van der Waals surface area contributed by atoms with Crippen molar-refractivity contribution < 1.29 is 14.6 Å². The lowest BCUT2D eigenvalue weighted by Crippen LogP contribution is -2.18. The van der Waals surface area contributed by atoms with E-state index in [1.165, 1.54) is 5.56 Å². The number of ether oxygens (including phenoxy) is 2. The second kappa shape index (κ2) is 9.31. The topological polar surface area (TPSA) is 50.7 Å². The van der Waals surface area contributed by atoms with Crippen LogP contribution in [-0.2, 0) is 11.3 Å². The summed E-state index contributed by atoms with van der Waals surface area (Å²) < 4.78 is 11.5. The molecule has 0 amide bonds. The Kier molecular flexibility index (Phi) is 8.05. The molecule has 0 aliphatic heterocycles. The highest BCUT2D eigenvalue weighted by atomic mass is 79.9. The normalized spacial score (nSPS) is 12.4. The van der Waals surface area contributed by atoms with Gasteiger partial charge in [0.2, 0.25) is 0 Å². The molecule has 0 radical (unpaired) electrons. The van der Waals surface area contributed by atoms with Gasteiger partial charge < -0.3 is 19.9 Å². The van der Waals surface area contributed by atoms with Crippen LogP contribution in [0.1, 0.15) is 12.5 Å². The molecule has 1 aromatic carbocycles. The van der Waals surface area contributed by atoms with Gasteiger partial charge in [-0.3, -0.25) is 0 Å². The van der Waals surface area contributed by atoms with E-state index in [1.54, 1.807) is 7.11 Å². The number of nitrogens with one attached hydrogen (secondary N) is 1. The number of benzene rings is 1. The Hall–Kier alpha value is -0.620. The van der Waals surface area contributed by atoms with Gasteiger partial charge >= 0.3 is 0 Å². The zero-order valence-electron chi connectivity index (χ0n) is 11.5. The van der Waals surface area contributed by atoms with Crippen LogP contribution >= 0.6 is 15.9 Å². The molecular weight excluding hydrogens is 310 g/mol. The summed E-state index contributed by atoms with van der Waals surface area (Å²) >= 11 is 3.50. The maximum atomic E-state index is 8.96. The quantitative estimate of drug-likeness (QED) is 0.681. The van der Waals surface area contributed by atoms with Crippen LogP contribution in [-0.4, -0.2) is 38.6 Å². The third-order valence-corrected chi connectivity index (χ3v) is 3.26. The fraction of sp³-hybridized carbons (Fsp3) is 0.571. The van der Waals surface area contributed by atoms with Crippen LogP contribution < -0.4 is 10.1 Å². The van der Waals surface area contributed by atoms with Crippen molar-refractivity contribution in [3.63, 3.8) is 0 Å². The highest BCUT2D eigenvalue weighted by Crippen LogP contribution is 2.26. The van der Waals surface area contributed by atoms with Crippen molar-refractivity contribution in [2.75, 3.05) is 33.5 Å². The molecule has 0 spiro atoms. The van der Waals surface area contributed by atoms with Gasteiger partial charge in [0.05, 0.1) is 17.7 Å². The lowest BCUT2D eigenvalue weighted by Gasteiger charge is -2.13. The number of rotatable bonds is 9. The maximum Gasteiger partial charge on any atom is 0.133 e. The summed E-state index contributed by atoms with van der Waals surface area (Å²) in [6.45, 7) is 4.94. The number of methoxy groups -OCH3 is 1. The Morgan fingerprint density at radius 3 is 2.84 bits per heavy atom. The molecule has 4 nitrogen and oxygen atoms in total. The molecule has 0 fully saturated rings. The summed E-state index contributed by atoms with van der Waals surface area (Å²) in [5.41, 5.74) is 1.19. The van der Waals surface area contributed by atoms with E-state index in [1.807, 2.05) is 25.1 Å². The Balaban J connectivity index is 2.45. The fourth-order valence-electron chi connectivity index (χ4n) is 1.46. The predicted molar refractivity (Wildman–Crippen MR) is 79.5 cm³/mol. The number of halogens is 1. The first-order valence-electron chi connectivity index (χ1n) is 6.39. The van der Waals surface area contributed by atoms with E-state index < -0.39 is 0 Å². The van der Waals surface area contributed by atoms with Crippen LogP contribution in [0.15, 0.2) is 22.7 Å². The van der Waals surface area contributed by atoms with Crippen molar-refractivity contribution >= 4 is 15.9 Å². The molecule has 0 aliphatic carbocycles. The lowest BCUT2D eigenvalue weighted by atomic mass is 10.2. The molecule has 19 heavy (non-hydrogen) atoms. The highest BCUT2D eigenvalue weighted by molar-refractivity contribution is 9.10. The first-order valence-corrected chi connectivity index (χ1v) is 7.18. The van der Waals surface area contributed by atoms with Crippen molar-refractivity contribution in [1.82, 2.24) is 5.32 Å². The van der Waals surface area contributed by atoms with Gasteiger partial charge in [-0.2, -0.15) is 0 Å². The summed E-state index contributed by atoms with van der Waals surface area (Å²) in [4.78, 5) is 0. The molecule has 0 aromatic heterocycles. The largest absolute Gasteiger partial charge is 0.492 e. The molecule has 0 bridgehead atoms. The van der Waals surface area contributed by atoms with Crippen LogP contribution in [0.25, 0.3) is 0 Å². The first kappa shape index (κ1) is 16.4. The minimum absolute atomic E-state index is 0.138. The fourth-order valence-corrected chi connectivity index (χ4v) is 2.00. The van der Waals surface area contributed by atoms with E-state index >= 15 is 0 Å². The summed E-state index contributed by atoms with van der Waals surface area (Å²) in [5.74, 6) is 0.947. The molecule has 0 aliphatic rings. The Bertz CT molecular complexity index is 374. The average molecular weight is 332 g/mol. The van der Waals surface area contributed by atoms with Crippen LogP contribution in [0, 0.1) is 5.92 Å². The summed E-state index contributed by atoms with van der Waals surface area (Å²) in [7, 11) is 1.69. The third-order valence-electron chi connectivity index (χ3n) is 2.64. The monoisotopic (exact) mass is 331 g/mol. The van der Waals surface area contributed by atoms with Gasteiger partial charge in [0.25, 0.3) is 0 Å². The van der Waals surface area contributed by atoms with Crippen molar-refractivity contribution in [2.45, 2.75) is 13.5 Å². The molecule has 5 heteroatoms. The standard InChI is InChI=1S/C14H22BrNO3/c1-11(9-17)10-19-14-4-3-12(7-13(14)15)8-16-5-6-18-2/h3-4,7,11,16-17H,5-6,8-10H2,1-2H3. The summed E-state index contributed by atoms with van der Waals surface area (Å²) in [6.07, 6.45) is 0. The highest BCUT2D eigenvalue weighted by Gasteiger charge is 2.05. The van der Waals surface area contributed by atoms with E-state index in [2.05, 4.69) is 21.2 Å². The van der Waals surface area contributed by atoms with Gasteiger partial charge in [0.15, 0.2) is 0 Å². The second-order valence-corrected chi connectivity index (χ2v) is 5.39. The second-order valence-electron chi connectivity index (χ2n) is 4.53. The van der Waals surface area contributed by atoms with Crippen LogP contribution in [0.5, 0.6) is 5.75 Å².